The lowest BCUT2D eigenvalue weighted by atomic mass is 10.1. The summed E-state index contributed by atoms with van der Waals surface area (Å²) in [6.07, 6.45) is 1.15. The van der Waals surface area contributed by atoms with Crippen molar-refractivity contribution < 1.29 is 14.0 Å². The van der Waals surface area contributed by atoms with E-state index in [4.69, 9.17) is 9.63 Å². The van der Waals surface area contributed by atoms with Crippen molar-refractivity contribution in [2.45, 2.75) is 52.4 Å². The van der Waals surface area contributed by atoms with Crippen LogP contribution in [-0.2, 0) is 11.0 Å². The molecule has 0 unspecified atom stereocenters. The Hall–Kier alpha value is -1.27. The van der Waals surface area contributed by atoms with Crippen LogP contribution in [0.4, 0.5) is 4.39 Å². The molecule has 1 heterocycles. The molecule has 0 aliphatic rings. The Balaban J connectivity index is 3.00. The number of halogens is 1. The Morgan fingerprint density at radius 2 is 2.05 bits per heavy atom. The van der Waals surface area contributed by atoms with E-state index in [0.29, 0.717) is 23.6 Å². The molecule has 0 fully saturated rings. The van der Waals surface area contributed by atoms with Crippen LogP contribution in [0.2, 0.25) is 18.1 Å². The van der Waals surface area contributed by atoms with Gasteiger partial charge in [0.15, 0.2) is 8.32 Å². The van der Waals surface area contributed by atoms with Crippen LogP contribution in [0.15, 0.2) is 17.4 Å². The van der Waals surface area contributed by atoms with Gasteiger partial charge >= 0.3 is 0 Å². The predicted octanol–water partition coefficient (Wildman–Crippen LogP) is 3.94. The fourth-order valence-electron chi connectivity index (χ4n) is 1.42. The zero-order chi connectivity index (χ0) is 15.6. The standard InChI is InChI=1S/C14H23FN2O2Si/c1-10(17-18)12-7-11(15)8-16-13(12)9-19-20(5,6)14(2,3)4/h7-8,18H,9H2,1-6H3. The maximum absolute atomic E-state index is 13.3. The predicted molar refractivity (Wildman–Crippen MR) is 80.2 cm³/mol. The first-order valence-corrected chi connectivity index (χ1v) is 9.47. The number of pyridine rings is 1. The van der Waals surface area contributed by atoms with Crippen LogP contribution in [0.5, 0.6) is 0 Å². The topological polar surface area (TPSA) is 54.7 Å². The lowest BCUT2D eigenvalue weighted by molar-refractivity contribution is 0.271. The minimum Gasteiger partial charge on any atom is -0.411 e. The minimum absolute atomic E-state index is 0.0906. The normalized spacial score (nSPS) is 13.7. The molecule has 112 valence electrons. The number of hydrogen-bond acceptors (Lipinski definition) is 4. The highest BCUT2D eigenvalue weighted by Gasteiger charge is 2.37. The first-order valence-electron chi connectivity index (χ1n) is 6.56. The summed E-state index contributed by atoms with van der Waals surface area (Å²) in [5.41, 5.74) is 1.39. The molecule has 0 radical (unpaired) electrons. The van der Waals surface area contributed by atoms with Gasteiger partial charge in [-0.2, -0.15) is 0 Å². The van der Waals surface area contributed by atoms with Crippen LogP contribution in [0.1, 0.15) is 39.0 Å². The van der Waals surface area contributed by atoms with E-state index in [2.05, 4.69) is 44.0 Å². The molecule has 4 nitrogen and oxygen atoms in total. The van der Waals surface area contributed by atoms with Gasteiger partial charge in [0.2, 0.25) is 0 Å². The van der Waals surface area contributed by atoms with Gasteiger partial charge in [-0.25, -0.2) is 4.39 Å². The van der Waals surface area contributed by atoms with E-state index in [1.165, 1.54) is 6.07 Å². The molecule has 0 atom stereocenters. The zero-order valence-electron chi connectivity index (χ0n) is 13.0. The van der Waals surface area contributed by atoms with Gasteiger partial charge in [-0.3, -0.25) is 4.98 Å². The van der Waals surface area contributed by atoms with Crippen LogP contribution in [0.3, 0.4) is 0 Å². The molecular formula is C14H23FN2O2Si. The molecule has 0 aromatic carbocycles. The molecule has 0 aliphatic heterocycles. The number of aromatic nitrogens is 1. The molecule has 0 saturated carbocycles. The lowest BCUT2D eigenvalue weighted by Gasteiger charge is -2.36. The summed E-state index contributed by atoms with van der Waals surface area (Å²) in [5.74, 6) is -0.459. The van der Waals surface area contributed by atoms with Crippen LogP contribution < -0.4 is 0 Å². The van der Waals surface area contributed by atoms with Gasteiger partial charge in [0, 0.05) is 5.56 Å². The maximum Gasteiger partial charge on any atom is 0.192 e. The van der Waals surface area contributed by atoms with Crippen LogP contribution in [-0.4, -0.2) is 24.2 Å². The van der Waals surface area contributed by atoms with Gasteiger partial charge in [0.25, 0.3) is 0 Å². The number of rotatable bonds is 4. The van der Waals surface area contributed by atoms with E-state index in [1.807, 2.05) is 0 Å². The second-order valence-corrected chi connectivity index (χ2v) is 11.2. The Kier molecular flexibility index (Phi) is 5.04. The minimum atomic E-state index is -1.91. The van der Waals surface area contributed by atoms with Crippen LogP contribution >= 0.6 is 0 Å². The number of oxime groups is 1. The van der Waals surface area contributed by atoms with Crippen molar-refractivity contribution in [1.82, 2.24) is 4.98 Å². The maximum atomic E-state index is 13.3. The molecule has 1 aromatic rings. The highest BCUT2D eigenvalue weighted by atomic mass is 28.4. The Bertz CT molecular complexity index is 510. The molecule has 0 aliphatic carbocycles. The van der Waals surface area contributed by atoms with Gasteiger partial charge < -0.3 is 9.63 Å². The SMILES string of the molecule is CC(=NO)c1cc(F)cnc1CO[Si](C)(C)C(C)(C)C. The molecule has 0 spiro atoms. The van der Waals surface area contributed by atoms with Crippen molar-refractivity contribution in [2.75, 3.05) is 0 Å². The molecule has 6 heteroatoms. The molecular weight excluding hydrogens is 275 g/mol. The van der Waals surface area contributed by atoms with Gasteiger partial charge in [-0.05, 0) is 31.1 Å². The average molecular weight is 298 g/mol. The molecule has 0 bridgehead atoms. The summed E-state index contributed by atoms with van der Waals surface area (Å²) in [4.78, 5) is 4.06. The van der Waals surface area contributed by atoms with E-state index in [9.17, 15) is 4.39 Å². The molecule has 1 rings (SSSR count). The fourth-order valence-corrected chi connectivity index (χ4v) is 2.35. The Labute approximate surface area is 120 Å². The van der Waals surface area contributed by atoms with Gasteiger partial charge in [-0.15, -0.1) is 0 Å². The first kappa shape index (κ1) is 16.8. The second-order valence-electron chi connectivity index (χ2n) is 6.38. The fraction of sp³-hybridized carbons (Fsp3) is 0.571. The molecule has 1 aromatic heterocycles. The summed E-state index contributed by atoms with van der Waals surface area (Å²) >= 11 is 0. The Morgan fingerprint density at radius 1 is 1.45 bits per heavy atom. The Morgan fingerprint density at radius 3 is 2.55 bits per heavy atom. The smallest absolute Gasteiger partial charge is 0.192 e. The van der Waals surface area contributed by atoms with E-state index < -0.39 is 14.1 Å². The van der Waals surface area contributed by atoms with Crippen molar-refractivity contribution in [1.29, 1.82) is 0 Å². The summed E-state index contributed by atoms with van der Waals surface area (Å²) in [7, 11) is -1.91. The van der Waals surface area contributed by atoms with E-state index in [-0.39, 0.29) is 5.04 Å². The van der Waals surface area contributed by atoms with E-state index in [0.717, 1.165) is 6.20 Å². The number of nitrogens with zero attached hydrogens (tertiary/aromatic N) is 2. The average Bonchev–Trinajstić information content (AvgIpc) is 2.35. The monoisotopic (exact) mass is 298 g/mol. The summed E-state index contributed by atoms with van der Waals surface area (Å²) < 4.78 is 19.3. The third-order valence-electron chi connectivity index (χ3n) is 3.85. The van der Waals surface area contributed by atoms with Crippen LogP contribution in [0.25, 0.3) is 0 Å². The number of hydrogen-bond donors (Lipinski definition) is 1. The summed E-state index contributed by atoms with van der Waals surface area (Å²) in [6.45, 7) is 12.6. The summed E-state index contributed by atoms with van der Waals surface area (Å²) in [6, 6.07) is 1.31. The zero-order valence-corrected chi connectivity index (χ0v) is 14.0. The molecule has 1 N–H and O–H groups in total. The first-order chi connectivity index (χ1) is 9.08. The van der Waals surface area contributed by atoms with E-state index >= 15 is 0 Å². The lowest BCUT2D eigenvalue weighted by Crippen LogP contribution is -2.40. The van der Waals surface area contributed by atoms with Gasteiger partial charge in [0.05, 0.1) is 24.2 Å². The quantitative estimate of drug-likeness (QED) is 0.396. The van der Waals surface area contributed by atoms with Crippen molar-refractivity contribution in [3.8, 4) is 0 Å². The van der Waals surface area contributed by atoms with Gasteiger partial charge in [-0.1, -0.05) is 25.9 Å². The highest BCUT2D eigenvalue weighted by molar-refractivity contribution is 6.74. The largest absolute Gasteiger partial charge is 0.411 e. The highest BCUT2D eigenvalue weighted by Crippen LogP contribution is 2.37. The molecule has 0 saturated heterocycles. The third kappa shape index (κ3) is 3.86. The van der Waals surface area contributed by atoms with Gasteiger partial charge in [0.1, 0.15) is 5.82 Å². The van der Waals surface area contributed by atoms with Crippen LogP contribution in [0, 0.1) is 5.82 Å². The third-order valence-corrected chi connectivity index (χ3v) is 8.33. The van der Waals surface area contributed by atoms with E-state index in [1.54, 1.807) is 6.92 Å². The van der Waals surface area contributed by atoms with Crippen molar-refractivity contribution in [2.24, 2.45) is 5.16 Å². The van der Waals surface area contributed by atoms with Crippen molar-refractivity contribution in [3.63, 3.8) is 0 Å². The summed E-state index contributed by atoms with van der Waals surface area (Å²) in [5, 5.41) is 12.1. The van der Waals surface area contributed by atoms with Crippen molar-refractivity contribution >= 4 is 14.0 Å². The molecule has 20 heavy (non-hydrogen) atoms. The second kappa shape index (κ2) is 6.01. The molecule has 0 amide bonds. The van der Waals surface area contributed by atoms with Crippen molar-refractivity contribution in [3.05, 3.63) is 29.3 Å².